The number of benzodiazepines with no additional fused rings is 1. The van der Waals surface area contributed by atoms with Gasteiger partial charge in [0.2, 0.25) is 0 Å². The highest BCUT2D eigenvalue weighted by molar-refractivity contribution is 7.80. The molecular formula is C32H33N5OS. The van der Waals surface area contributed by atoms with Crippen molar-refractivity contribution in [2.45, 2.75) is 19.3 Å². The minimum atomic E-state index is -0.988. The Kier molecular flexibility index (Phi) is 7.63. The number of nitrogens with zero attached hydrogens (tertiary/aromatic N) is 3. The van der Waals surface area contributed by atoms with E-state index in [2.05, 4.69) is 53.3 Å². The molecule has 4 aromatic rings. The quantitative estimate of drug-likeness (QED) is 0.218. The number of nitrogens with one attached hydrogen (secondary N) is 2. The van der Waals surface area contributed by atoms with Crippen molar-refractivity contribution in [3.05, 3.63) is 114 Å². The van der Waals surface area contributed by atoms with E-state index in [1.54, 1.807) is 6.08 Å². The van der Waals surface area contributed by atoms with Crippen molar-refractivity contribution >= 4 is 50.9 Å². The van der Waals surface area contributed by atoms with Gasteiger partial charge in [-0.25, -0.2) is 0 Å². The average molecular weight is 536 g/mol. The molecule has 1 heterocycles. The lowest BCUT2D eigenvalue weighted by Crippen LogP contribution is -2.51. The summed E-state index contributed by atoms with van der Waals surface area (Å²) in [6.07, 6.45) is 0.0605. The van der Waals surface area contributed by atoms with Gasteiger partial charge in [0.15, 0.2) is 17.5 Å². The van der Waals surface area contributed by atoms with E-state index >= 15 is 0 Å². The fraction of sp³-hybridized carbons (Fsp3) is 0.188. The summed E-state index contributed by atoms with van der Waals surface area (Å²) >= 11 is 5.78. The summed E-state index contributed by atoms with van der Waals surface area (Å²) < 4.78 is 0. The van der Waals surface area contributed by atoms with E-state index in [4.69, 9.17) is 17.2 Å². The van der Waals surface area contributed by atoms with Crippen LogP contribution in [0.2, 0.25) is 0 Å². The standard InChI is InChI=1S/C32H33N5OS/c1-5-19-37-28-17-15-21(2)20-25(28)29(22-11-7-6-8-12-22)34-30(31(37)38)35-32(39)33-26-16-18-27(36(3)4)24-14-10-9-13-23(24)26/h5-18,20,30-31,38H,1,19H2,2-4H3,(H2,33,35,39). The molecule has 1 aliphatic heterocycles. The predicted molar refractivity (Wildman–Crippen MR) is 168 cm³/mol. The largest absolute Gasteiger partial charge is 0.377 e. The van der Waals surface area contributed by atoms with Gasteiger partial charge >= 0.3 is 0 Å². The predicted octanol–water partition coefficient (Wildman–Crippen LogP) is 5.69. The van der Waals surface area contributed by atoms with Crippen LogP contribution < -0.4 is 20.4 Å². The maximum atomic E-state index is 11.6. The van der Waals surface area contributed by atoms with E-state index in [0.717, 1.165) is 50.2 Å². The number of thiocarbonyl (C=S) groups is 1. The number of aryl methyl sites for hydroxylation is 1. The van der Waals surface area contributed by atoms with Gasteiger partial charge in [0.25, 0.3) is 0 Å². The summed E-state index contributed by atoms with van der Waals surface area (Å²) in [4.78, 5) is 9.07. The first kappa shape index (κ1) is 26.4. The third kappa shape index (κ3) is 5.37. The van der Waals surface area contributed by atoms with Gasteiger partial charge in [-0.15, -0.1) is 6.58 Å². The van der Waals surface area contributed by atoms with Crippen LogP contribution in [0.4, 0.5) is 17.1 Å². The molecule has 0 saturated heterocycles. The zero-order valence-corrected chi connectivity index (χ0v) is 23.2. The Balaban J connectivity index is 1.53. The molecule has 0 fully saturated rings. The topological polar surface area (TPSA) is 63.1 Å². The van der Waals surface area contributed by atoms with Crippen molar-refractivity contribution in [3.8, 4) is 0 Å². The molecular weight excluding hydrogens is 502 g/mol. The number of benzene rings is 4. The van der Waals surface area contributed by atoms with Gasteiger partial charge in [0, 0.05) is 59.6 Å². The number of aliphatic imine (C=N–C) groups is 1. The second-order valence-corrected chi connectivity index (χ2v) is 10.2. The SMILES string of the molecule is C=CCN1c2ccc(C)cc2C(c2ccccc2)=NC(NC(=S)Nc2ccc(N(C)C)c3ccccc23)C1O. The minimum absolute atomic E-state index is 0.374. The summed E-state index contributed by atoms with van der Waals surface area (Å²) in [5.74, 6) is 0. The van der Waals surface area contributed by atoms with Crippen molar-refractivity contribution in [2.75, 3.05) is 35.8 Å². The molecule has 4 aromatic carbocycles. The Bertz CT molecular complexity index is 1550. The molecule has 0 spiro atoms. The Labute approximate surface area is 235 Å². The van der Waals surface area contributed by atoms with Gasteiger partial charge in [-0.3, -0.25) is 4.99 Å². The molecule has 39 heavy (non-hydrogen) atoms. The monoisotopic (exact) mass is 535 g/mol. The van der Waals surface area contributed by atoms with E-state index in [-0.39, 0.29) is 0 Å². The van der Waals surface area contributed by atoms with Crippen LogP contribution in [0.25, 0.3) is 10.8 Å². The van der Waals surface area contributed by atoms with Crippen LogP contribution >= 0.6 is 12.2 Å². The number of fused-ring (bicyclic) bond motifs is 2. The van der Waals surface area contributed by atoms with Crippen LogP contribution in [0, 0.1) is 6.92 Å². The molecule has 0 radical (unpaired) electrons. The van der Waals surface area contributed by atoms with Gasteiger partial charge in [-0.05, 0) is 43.4 Å². The third-order valence-corrected chi connectivity index (χ3v) is 7.09. The summed E-state index contributed by atoms with van der Waals surface area (Å²) in [5.41, 5.74) is 6.72. The van der Waals surface area contributed by atoms with Crippen molar-refractivity contribution in [2.24, 2.45) is 4.99 Å². The number of aliphatic hydroxyl groups is 1. The maximum absolute atomic E-state index is 11.6. The van der Waals surface area contributed by atoms with E-state index < -0.39 is 12.4 Å². The van der Waals surface area contributed by atoms with E-state index in [1.807, 2.05) is 79.7 Å². The number of anilines is 3. The van der Waals surface area contributed by atoms with Crippen molar-refractivity contribution < 1.29 is 5.11 Å². The summed E-state index contributed by atoms with van der Waals surface area (Å²) in [6, 6.07) is 28.6. The molecule has 3 N–H and O–H groups in total. The zero-order valence-electron chi connectivity index (χ0n) is 22.4. The molecule has 5 rings (SSSR count). The molecule has 0 amide bonds. The second-order valence-electron chi connectivity index (χ2n) is 9.83. The molecule has 7 heteroatoms. The molecule has 6 nitrogen and oxygen atoms in total. The Hall–Kier alpha value is -4.20. The second kappa shape index (κ2) is 11.3. The number of hydrogen-bond donors (Lipinski definition) is 3. The highest BCUT2D eigenvalue weighted by Gasteiger charge is 2.32. The van der Waals surface area contributed by atoms with Crippen molar-refractivity contribution in [1.29, 1.82) is 0 Å². The van der Waals surface area contributed by atoms with Crippen molar-refractivity contribution in [3.63, 3.8) is 0 Å². The van der Waals surface area contributed by atoms with Crippen LogP contribution in [-0.2, 0) is 0 Å². The highest BCUT2D eigenvalue weighted by Crippen LogP contribution is 2.33. The molecule has 198 valence electrons. The van der Waals surface area contributed by atoms with Gasteiger partial charge in [0.05, 0.1) is 5.71 Å². The van der Waals surface area contributed by atoms with E-state index in [9.17, 15) is 5.11 Å². The lowest BCUT2D eigenvalue weighted by atomic mass is 9.98. The first-order chi connectivity index (χ1) is 18.9. The molecule has 0 aromatic heterocycles. The van der Waals surface area contributed by atoms with Crippen molar-refractivity contribution in [1.82, 2.24) is 5.32 Å². The molecule has 0 saturated carbocycles. The maximum Gasteiger partial charge on any atom is 0.172 e. The van der Waals surface area contributed by atoms with Crippen LogP contribution in [0.3, 0.4) is 0 Å². The lowest BCUT2D eigenvalue weighted by Gasteiger charge is -2.32. The summed E-state index contributed by atoms with van der Waals surface area (Å²) in [6.45, 7) is 6.43. The van der Waals surface area contributed by atoms with E-state index in [1.165, 1.54) is 0 Å². The first-order valence-electron chi connectivity index (χ1n) is 12.9. The van der Waals surface area contributed by atoms with Crippen LogP contribution in [0.1, 0.15) is 16.7 Å². The minimum Gasteiger partial charge on any atom is -0.377 e. The zero-order chi connectivity index (χ0) is 27.5. The first-order valence-corrected chi connectivity index (χ1v) is 13.3. The molecule has 2 unspecified atom stereocenters. The van der Waals surface area contributed by atoms with E-state index in [0.29, 0.717) is 11.7 Å². The van der Waals surface area contributed by atoms with Gasteiger partial charge in [0.1, 0.15) is 0 Å². The van der Waals surface area contributed by atoms with Crippen LogP contribution in [-0.4, -0.2) is 49.0 Å². The Morgan fingerprint density at radius 1 is 1.03 bits per heavy atom. The highest BCUT2D eigenvalue weighted by atomic mass is 32.1. The fourth-order valence-electron chi connectivity index (χ4n) is 5.03. The van der Waals surface area contributed by atoms with Gasteiger partial charge < -0.3 is 25.5 Å². The summed E-state index contributed by atoms with van der Waals surface area (Å²) in [5, 5.41) is 20.8. The lowest BCUT2D eigenvalue weighted by molar-refractivity contribution is 0.138. The smallest absolute Gasteiger partial charge is 0.172 e. The van der Waals surface area contributed by atoms with Crippen LogP contribution in [0.15, 0.2) is 103 Å². The van der Waals surface area contributed by atoms with Crippen LogP contribution in [0.5, 0.6) is 0 Å². The number of aliphatic hydroxyl groups excluding tert-OH is 1. The molecule has 0 aliphatic carbocycles. The van der Waals surface area contributed by atoms with Gasteiger partial charge in [-0.1, -0.05) is 72.3 Å². The Morgan fingerprint density at radius 2 is 1.74 bits per heavy atom. The number of hydrogen-bond acceptors (Lipinski definition) is 5. The number of rotatable bonds is 6. The Morgan fingerprint density at radius 3 is 2.46 bits per heavy atom. The molecule has 1 aliphatic rings. The van der Waals surface area contributed by atoms with Gasteiger partial charge in [-0.2, -0.15) is 0 Å². The average Bonchev–Trinajstić information content (AvgIpc) is 3.04. The fourth-order valence-corrected chi connectivity index (χ4v) is 5.26. The molecule has 2 atom stereocenters. The third-order valence-electron chi connectivity index (χ3n) is 6.87. The summed E-state index contributed by atoms with van der Waals surface area (Å²) in [7, 11) is 4.07. The molecule has 0 bridgehead atoms. The normalized spacial score (nSPS) is 16.6.